The maximum absolute atomic E-state index is 11.0. The van der Waals surface area contributed by atoms with Crippen molar-refractivity contribution in [3.8, 4) is 0 Å². The van der Waals surface area contributed by atoms with Gasteiger partial charge in [-0.15, -0.1) is 0 Å². The molecule has 0 unspecified atom stereocenters. The molecule has 0 saturated carbocycles. The Morgan fingerprint density at radius 3 is 3.09 bits per heavy atom. The van der Waals surface area contributed by atoms with Crippen molar-refractivity contribution in [2.24, 2.45) is 9.98 Å². The van der Waals surface area contributed by atoms with Crippen molar-refractivity contribution < 1.29 is 9.59 Å². The lowest BCUT2D eigenvalue weighted by Gasteiger charge is -2.16. The predicted octanol–water partition coefficient (Wildman–Crippen LogP) is -1.16. The molecule has 0 atom stereocenters. The van der Waals surface area contributed by atoms with Gasteiger partial charge >= 0.3 is 0 Å². The molecule has 0 bridgehead atoms. The van der Waals surface area contributed by atoms with E-state index in [2.05, 4.69) is 9.98 Å². The van der Waals surface area contributed by atoms with Crippen molar-refractivity contribution >= 4 is 23.9 Å². The van der Waals surface area contributed by atoms with E-state index in [-0.39, 0.29) is 24.9 Å². The second kappa shape index (κ2) is 1.98. The number of nitrogens with zero attached hydrogens (tertiary/aromatic N) is 3. The minimum absolute atomic E-state index is 0.0498. The smallest absolute Gasteiger partial charge is 0.265 e. The fourth-order valence-electron chi connectivity index (χ4n) is 1.03. The molecule has 0 aromatic carbocycles. The molecule has 0 N–H and O–H groups in total. The van der Waals surface area contributed by atoms with Gasteiger partial charge in [-0.25, -0.2) is 4.99 Å². The molecule has 0 aliphatic carbocycles. The van der Waals surface area contributed by atoms with Gasteiger partial charge in [-0.1, -0.05) is 0 Å². The molecule has 2 rings (SSSR count). The lowest BCUT2D eigenvalue weighted by molar-refractivity contribution is -0.129. The van der Waals surface area contributed by atoms with Gasteiger partial charge in [0.1, 0.15) is 18.9 Å². The van der Waals surface area contributed by atoms with Crippen LogP contribution in [0.15, 0.2) is 9.98 Å². The number of hydrogen-bond donors (Lipinski definition) is 0. The third-order valence-corrected chi connectivity index (χ3v) is 1.57. The average molecular weight is 151 g/mol. The predicted molar refractivity (Wildman–Crippen MR) is 37.5 cm³/mol. The van der Waals surface area contributed by atoms with Crippen LogP contribution in [0.5, 0.6) is 0 Å². The van der Waals surface area contributed by atoms with Gasteiger partial charge in [0.2, 0.25) is 5.91 Å². The maximum Gasteiger partial charge on any atom is 0.265 e. The minimum Gasteiger partial charge on any atom is -0.285 e. The largest absolute Gasteiger partial charge is 0.285 e. The summed E-state index contributed by atoms with van der Waals surface area (Å²) in [4.78, 5) is 30.4. The van der Waals surface area contributed by atoms with Gasteiger partial charge < -0.3 is 0 Å². The minimum atomic E-state index is -0.292. The number of aliphatic imine (C=N–C) groups is 2. The zero-order chi connectivity index (χ0) is 7.84. The van der Waals surface area contributed by atoms with Crippen LogP contribution in [0.3, 0.4) is 0 Å². The van der Waals surface area contributed by atoms with E-state index in [9.17, 15) is 9.59 Å². The van der Waals surface area contributed by atoms with Crippen LogP contribution in [-0.2, 0) is 9.59 Å². The van der Waals surface area contributed by atoms with Crippen molar-refractivity contribution in [1.82, 2.24) is 4.90 Å². The fourth-order valence-corrected chi connectivity index (χ4v) is 1.03. The molecule has 0 saturated heterocycles. The third kappa shape index (κ3) is 0.849. The summed E-state index contributed by atoms with van der Waals surface area (Å²) in [7, 11) is 0. The van der Waals surface area contributed by atoms with Crippen LogP contribution in [-0.4, -0.2) is 41.9 Å². The van der Waals surface area contributed by atoms with E-state index in [1.54, 1.807) is 0 Å². The van der Waals surface area contributed by atoms with Gasteiger partial charge in [-0.2, -0.15) is 0 Å². The van der Waals surface area contributed by atoms with Crippen molar-refractivity contribution in [2.45, 2.75) is 0 Å². The van der Waals surface area contributed by atoms with Crippen LogP contribution in [0.1, 0.15) is 0 Å². The quantitative estimate of drug-likeness (QED) is 0.438. The Morgan fingerprint density at radius 2 is 2.27 bits per heavy atom. The van der Waals surface area contributed by atoms with E-state index in [0.717, 1.165) is 0 Å². The number of fused-ring (bicyclic) bond motifs is 1. The van der Waals surface area contributed by atoms with Crippen LogP contribution < -0.4 is 0 Å². The Kier molecular flexibility index (Phi) is 1.12. The number of amides is 2. The van der Waals surface area contributed by atoms with Crippen LogP contribution in [0.25, 0.3) is 0 Å². The van der Waals surface area contributed by atoms with E-state index < -0.39 is 0 Å². The lowest BCUT2D eigenvalue weighted by atomic mass is 10.4. The molecule has 0 aromatic heterocycles. The van der Waals surface area contributed by atoms with E-state index in [1.165, 1.54) is 11.1 Å². The van der Waals surface area contributed by atoms with Crippen LogP contribution in [0, 0.1) is 0 Å². The molecule has 2 amide bonds. The monoisotopic (exact) mass is 151 g/mol. The summed E-state index contributed by atoms with van der Waals surface area (Å²) in [5.74, 6) is 0.0910. The van der Waals surface area contributed by atoms with Crippen LogP contribution >= 0.6 is 0 Å². The number of carbonyl (C=O) groups excluding carboxylic acids is 2. The zero-order valence-corrected chi connectivity index (χ0v) is 5.65. The highest BCUT2D eigenvalue weighted by Gasteiger charge is 2.28. The zero-order valence-electron chi connectivity index (χ0n) is 5.65. The van der Waals surface area contributed by atoms with Crippen LogP contribution in [0.4, 0.5) is 0 Å². The number of carbonyl (C=O) groups is 2. The molecular formula is C6H5N3O2. The van der Waals surface area contributed by atoms with E-state index in [0.29, 0.717) is 5.84 Å². The molecule has 5 nitrogen and oxygen atoms in total. The summed E-state index contributed by atoms with van der Waals surface area (Å²) < 4.78 is 0. The van der Waals surface area contributed by atoms with Crippen molar-refractivity contribution in [2.75, 3.05) is 13.1 Å². The highest BCUT2D eigenvalue weighted by Crippen LogP contribution is 2.05. The summed E-state index contributed by atoms with van der Waals surface area (Å²) in [6.45, 7) is 0.197. The Bertz CT molecular complexity index is 289. The van der Waals surface area contributed by atoms with E-state index >= 15 is 0 Å². The van der Waals surface area contributed by atoms with Gasteiger partial charge in [0.15, 0.2) is 0 Å². The first-order valence-corrected chi connectivity index (χ1v) is 3.19. The van der Waals surface area contributed by atoms with Gasteiger partial charge in [0.25, 0.3) is 5.91 Å². The molecule has 0 aromatic rings. The van der Waals surface area contributed by atoms with Gasteiger partial charge in [0, 0.05) is 0 Å². The summed E-state index contributed by atoms with van der Waals surface area (Å²) >= 11 is 0. The third-order valence-electron chi connectivity index (χ3n) is 1.57. The highest BCUT2D eigenvalue weighted by atomic mass is 16.2. The first kappa shape index (κ1) is 6.21. The average Bonchev–Trinajstić information content (AvgIpc) is 2.33. The van der Waals surface area contributed by atoms with E-state index in [1.807, 2.05) is 0 Å². The molecule has 5 heteroatoms. The van der Waals surface area contributed by atoms with Crippen LogP contribution in [0.2, 0.25) is 0 Å². The maximum atomic E-state index is 11.0. The van der Waals surface area contributed by atoms with E-state index in [4.69, 9.17) is 0 Å². The molecule has 0 radical (unpaired) electrons. The molecule has 11 heavy (non-hydrogen) atoms. The fraction of sp³-hybridized carbons (Fsp3) is 0.333. The Labute approximate surface area is 62.4 Å². The molecule has 2 heterocycles. The normalized spacial score (nSPS) is 22.2. The Balaban J connectivity index is 2.35. The Hall–Kier alpha value is -1.52. The lowest BCUT2D eigenvalue weighted by Crippen LogP contribution is -2.40. The summed E-state index contributed by atoms with van der Waals surface area (Å²) in [6, 6.07) is 0. The molecular weight excluding hydrogens is 146 g/mol. The first-order valence-electron chi connectivity index (χ1n) is 3.19. The second-order valence-electron chi connectivity index (χ2n) is 2.31. The van der Waals surface area contributed by atoms with Gasteiger partial charge in [-0.05, 0) is 0 Å². The Morgan fingerprint density at radius 1 is 1.45 bits per heavy atom. The first-order chi connectivity index (χ1) is 5.27. The SMILES string of the molecule is O=C1CN2C(=O)CN=C2C=N1. The molecule has 0 spiro atoms. The highest BCUT2D eigenvalue weighted by molar-refractivity contribution is 6.38. The molecule has 56 valence electrons. The van der Waals surface area contributed by atoms with Gasteiger partial charge in [0.05, 0.1) is 6.21 Å². The molecule has 0 fully saturated rings. The topological polar surface area (TPSA) is 62.1 Å². The van der Waals surface area contributed by atoms with Gasteiger partial charge in [-0.3, -0.25) is 19.5 Å². The number of hydrogen-bond acceptors (Lipinski definition) is 3. The standard InChI is InChI=1S/C6H5N3O2/c10-5-3-9-4(1-8-5)7-2-6(9)11/h1H,2-3H2. The summed E-state index contributed by atoms with van der Waals surface area (Å²) in [5.41, 5.74) is 0. The summed E-state index contributed by atoms with van der Waals surface area (Å²) in [6.07, 6.45) is 1.33. The summed E-state index contributed by atoms with van der Waals surface area (Å²) in [5, 5.41) is 0. The van der Waals surface area contributed by atoms with Crippen molar-refractivity contribution in [1.29, 1.82) is 0 Å². The molecule has 2 aliphatic heterocycles. The second-order valence-corrected chi connectivity index (χ2v) is 2.31. The number of rotatable bonds is 0. The van der Waals surface area contributed by atoms with Crippen molar-refractivity contribution in [3.63, 3.8) is 0 Å². The van der Waals surface area contributed by atoms with Crippen molar-refractivity contribution in [3.05, 3.63) is 0 Å². The molecule has 2 aliphatic rings. The number of amidine groups is 1.